The first-order chi connectivity index (χ1) is 19.3. The van der Waals surface area contributed by atoms with Crippen LogP contribution in [-0.4, -0.2) is 71.3 Å². The number of carbonyl (C=O) groups excluding carboxylic acids is 3. The molecule has 2 unspecified atom stereocenters. The van der Waals surface area contributed by atoms with Crippen molar-refractivity contribution in [2.45, 2.75) is 56.3 Å². The molecule has 40 heavy (non-hydrogen) atoms. The molecule has 8 heteroatoms. The van der Waals surface area contributed by atoms with Gasteiger partial charge in [0.15, 0.2) is 0 Å². The number of aliphatic hydroxyl groups is 1. The minimum atomic E-state index is -1.18. The van der Waals surface area contributed by atoms with Crippen molar-refractivity contribution in [3.8, 4) is 0 Å². The van der Waals surface area contributed by atoms with Gasteiger partial charge < -0.3 is 24.4 Å². The highest BCUT2D eigenvalue weighted by Crippen LogP contribution is 2.63. The number of rotatable bonds is 12. The van der Waals surface area contributed by atoms with Crippen LogP contribution >= 0.6 is 0 Å². The van der Waals surface area contributed by atoms with Gasteiger partial charge in [0.2, 0.25) is 5.91 Å². The Kier molecular flexibility index (Phi) is 7.84. The predicted octanol–water partition coefficient (Wildman–Crippen LogP) is 4.02. The van der Waals surface area contributed by atoms with Crippen LogP contribution in [0.25, 0.3) is 10.8 Å². The molecular weight excluding hydrogens is 508 g/mol. The maximum atomic E-state index is 14.5. The highest BCUT2D eigenvalue weighted by atomic mass is 16.6. The summed E-state index contributed by atoms with van der Waals surface area (Å²) in [6.45, 7) is 9.56. The third-order valence-electron chi connectivity index (χ3n) is 8.77. The number of fused-ring (bicyclic) bond motifs is 2. The number of hydrogen-bond donors (Lipinski definition) is 1. The zero-order valence-corrected chi connectivity index (χ0v) is 23.1. The Morgan fingerprint density at radius 1 is 1.15 bits per heavy atom. The minimum absolute atomic E-state index is 0.0312. The van der Waals surface area contributed by atoms with E-state index in [-0.39, 0.29) is 38.1 Å². The fourth-order valence-electron chi connectivity index (χ4n) is 7.01. The molecule has 0 saturated carbocycles. The summed E-state index contributed by atoms with van der Waals surface area (Å²) < 4.78 is 12.3. The van der Waals surface area contributed by atoms with Crippen LogP contribution in [-0.2, 0) is 23.9 Å². The van der Waals surface area contributed by atoms with Crippen molar-refractivity contribution in [2.24, 2.45) is 11.8 Å². The first-order valence-corrected chi connectivity index (χ1v) is 14.1. The number of ether oxygens (including phenoxy) is 2. The smallest absolute Gasteiger partial charge is 0.312 e. The number of anilines is 1. The first kappa shape index (κ1) is 28.1. The van der Waals surface area contributed by atoms with Crippen molar-refractivity contribution in [3.05, 3.63) is 67.8 Å². The lowest BCUT2D eigenvalue weighted by Gasteiger charge is -2.36. The largest absolute Gasteiger partial charge is 0.465 e. The summed E-state index contributed by atoms with van der Waals surface area (Å²) in [5.74, 6) is -2.80. The number of esters is 1. The molecule has 1 spiro atoms. The first-order valence-electron chi connectivity index (χ1n) is 14.1. The van der Waals surface area contributed by atoms with Crippen molar-refractivity contribution in [1.82, 2.24) is 4.90 Å². The molecule has 0 aromatic heterocycles. The van der Waals surface area contributed by atoms with Crippen molar-refractivity contribution in [2.75, 3.05) is 31.2 Å². The third-order valence-corrected chi connectivity index (χ3v) is 8.77. The van der Waals surface area contributed by atoms with Crippen LogP contribution < -0.4 is 4.90 Å². The molecule has 3 saturated heterocycles. The molecule has 5 atom stereocenters. The molecule has 3 fully saturated rings. The molecule has 0 radical (unpaired) electrons. The average molecular weight is 547 g/mol. The SMILES string of the molecule is C=CCCCCOC(=O)[C@@H]1[C@H]2C(=O)N(CCO)C(C(=O)N(CC=C)c3ccc4ccccc4c3)C23CC[C@@]1(C)O3. The molecule has 3 heterocycles. The van der Waals surface area contributed by atoms with Crippen LogP contribution in [0, 0.1) is 11.8 Å². The van der Waals surface area contributed by atoms with E-state index in [1.807, 2.05) is 55.5 Å². The van der Waals surface area contributed by atoms with Gasteiger partial charge in [0.25, 0.3) is 5.91 Å². The molecule has 1 N–H and O–H groups in total. The number of unbranched alkanes of at least 4 members (excludes halogenated alkanes) is 2. The molecule has 8 nitrogen and oxygen atoms in total. The van der Waals surface area contributed by atoms with E-state index < -0.39 is 35.0 Å². The van der Waals surface area contributed by atoms with Crippen molar-refractivity contribution in [3.63, 3.8) is 0 Å². The fourth-order valence-corrected chi connectivity index (χ4v) is 7.01. The second kappa shape index (κ2) is 11.2. The number of likely N-dealkylation sites (tertiary alicyclic amines) is 1. The van der Waals surface area contributed by atoms with Crippen LogP contribution in [0.4, 0.5) is 5.69 Å². The molecule has 3 aliphatic rings. The van der Waals surface area contributed by atoms with E-state index in [9.17, 15) is 19.5 Å². The van der Waals surface area contributed by atoms with Gasteiger partial charge in [-0.25, -0.2) is 0 Å². The molecule has 212 valence electrons. The van der Waals surface area contributed by atoms with E-state index in [1.54, 1.807) is 11.0 Å². The molecule has 3 aliphatic heterocycles. The number of benzene rings is 2. The monoisotopic (exact) mass is 546 g/mol. The third kappa shape index (κ3) is 4.53. The van der Waals surface area contributed by atoms with Gasteiger partial charge in [-0.3, -0.25) is 14.4 Å². The van der Waals surface area contributed by atoms with Crippen molar-refractivity contribution in [1.29, 1.82) is 0 Å². The minimum Gasteiger partial charge on any atom is -0.465 e. The molecule has 0 aliphatic carbocycles. The Labute approximate surface area is 235 Å². The molecular formula is C32H38N2O6. The van der Waals surface area contributed by atoms with Gasteiger partial charge in [-0.1, -0.05) is 42.5 Å². The highest BCUT2D eigenvalue weighted by molar-refractivity contribution is 6.05. The van der Waals surface area contributed by atoms with E-state index in [4.69, 9.17) is 9.47 Å². The zero-order chi connectivity index (χ0) is 28.5. The van der Waals surface area contributed by atoms with Gasteiger partial charge >= 0.3 is 5.97 Å². The van der Waals surface area contributed by atoms with E-state index in [2.05, 4.69) is 13.2 Å². The Hall–Kier alpha value is -3.49. The van der Waals surface area contributed by atoms with E-state index in [0.29, 0.717) is 24.9 Å². The van der Waals surface area contributed by atoms with Crippen molar-refractivity contribution < 1.29 is 29.0 Å². The number of carbonyl (C=O) groups is 3. The average Bonchev–Trinajstić information content (AvgIpc) is 3.52. The lowest BCUT2D eigenvalue weighted by Crippen LogP contribution is -2.56. The fraction of sp³-hybridized carbons (Fsp3) is 0.469. The number of aliphatic hydroxyl groups excluding tert-OH is 1. The number of allylic oxidation sites excluding steroid dienone is 1. The van der Waals surface area contributed by atoms with Crippen LogP contribution in [0.3, 0.4) is 0 Å². The topological polar surface area (TPSA) is 96.4 Å². The summed E-state index contributed by atoms with van der Waals surface area (Å²) >= 11 is 0. The van der Waals surface area contributed by atoms with Crippen LogP contribution in [0.2, 0.25) is 0 Å². The normalized spacial score (nSPS) is 28.5. The number of hydrogen-bond acceptors (Lipinski definition) is 6. The Morgan fingerprint density at radius 2 is 1.93 bits per heavy atom. The zero-order valence-electron chi connectivity index (χ0n) is 23.1. The summed E-state index contributed by atoms with van der Waals surface area (Å²) in [7, 11) is 0. The van der Waals surface area contributed by atoms with Gasteiger partial charge in [0.1, 0.15) is 17.6 Å². The molecule has 2 aromatic rings. The highest BCUT2D eigenvalue weighted by Gasteiger charge is 2.78. The number of nitrogens with zero attached hydrogens (tertiary/aromatic N) is 2. The Bertz CT molecular complexity index is 1330. The molecule has 2 aromatic carbocycles. The standard InChI is InChI=1S/C32H38N2O6/c1-4-6-7-10-20-39-30(38)26-25-28(36)34(18-19-35)27(32(25)16-15-31(26,3)40-32)29(37)33(17-5-2)24-14-13-22-11-8-9-12-23(22)21-24/h4-5,8-9,11-14,21,25-27,35H,1-2,6-7,10,15-20H2,3H3/t25-,26-,27?,31+,32?/m0/s1. The molecule has 2 amide bonds. The lowest BCUT2D eigenvalue weighted by molar-refractivity contribution is -0.159. The molecule has 2 bridgehead atoms. The number of β-amino-alcohol motifs (C(OH)–C–C–N with tert-alkyl or cyclic N) is 1. The summed E-state index contributed by atoms with van der Waals surface area (Å²) in [4.78, 5) is 44.9. The second-order valence-electron chi connectivity index (χ2n) is 11.2. The van der Waals surface area contributed by atoms with Gasteiger partial charge in [-0.2, -0.15) is 0 Å². The Morgan fingerprint density at radius 3 is 2.65 bits per heavy atom. The second-order valence-corrected chi connectivity index (χ2v) is 11.2. The maximum Gasteiger partial charge on any atom is 0.312 e. The maximum absolute atomic E-state index is 14.5. The summed E-state index contributed by atoms with van der Waals surface area (Å²) in [6, 6.07) is 12.7. The van der Waals surface area contributed by atoms with E-state index in [1.165, 1.54) is 4.90 Å². The Balaban J connectivity index is 1.49. The van der Waals surface area contributed by atoms with Gasteiger partial charge in [0.05, 0.1) is 24.7 Å². The lowest BCUT2D eigenvalue weighted by atomic mass is 9.66. The van der Waals surface area contributed by atoms with Gasteiger partial charge in [0, 0.05) is 18.8 Å². The predicted molar refractivity (Wildman–Crippen MR) is 153 cm³/mol. The van der Waals surface area contributed by atoms with Crippen molar-refractivity contribution >= 4 is 34.2 Å². The summed E-state index contributed by atoms with van der Waals surface area (Å²) in [6.07, 6.45) is 6.86. The molecule has 5 rings (SSSR count). The van der Waals surface area contributed by atoms with Crippen LogP contribution in [0.5, 0.6) is 0 Å². The van der Waals surface area contributed by atoms with Gasteiger partial charge in [-0.15, -0.1) is 13.2 Å². The van der Waals surface area contributed by atoms with E-state index >= 15 is 0 Å². The quantitative estimate of drug-likeness (QED) is 0.246. The van der Waals surface area contributed by atoms with Gasteiger partial charge in [-0.05, 0) is 61.9 Å². The van der Waals surface area contributed by atoms with Crippen LogP contribution in [0.15, 0.2) is 67.8 Å². The van der Waals surface area contributed by atoms with Crippen LogP contribution in [0.1, 0.15) is 39.0 Å². The summed E-state index contributed by atoms with van der Waals surface area (Å²) in [5, 5.41) is 11.9. The number of amides is 2. The van der Waals surface area contributed by atoms with E-state index in [0.717, 1.165) is 23.6 Å². The summed E-state index contributed by atoms with van der Waals surface area (Å²) in [5.41, 5.74) is -1.41.